The Morgan fingerprint density at radius 2 is 1.54 bits per heavy atom. The number of morpholine rings is 1. The van der Waals surface area contributed by atoms with Gasteiger partial charge in [-0.15, -0.1) is 0 Å². The highest BCUT2D eigenvalue weighted by molar-refractivity contribution is 6.09. The van der Waals surface area contributed by atoms with Crippen LogP contribution >= 0.6 is 0 Å². The van der Waals surface area contributed by atoms with E-state index in [0.717, 1.165) is 0 Å². The van der Waals surface area contributed by atoms with E-state index >= 15 is 0 Å². The normalized spacial score (nSPS) is 14.6. The summed E-state index contributed by atoms with van der Waals surface area (Å²) in [6.07, 6.45) is 0. The van der Waals surface area contributed by atoms with Crippen LogP contribution in [-0.2, 0) is 4.74 Å². The maximum Gasteiger partial charge on any atom is 0.348 e. The van der Waals surface area contributed by atoms with Crippen LogP contribution in [0.15, 0.2) is 65.7 Å². The quantitative estimate of drug-likeness (QED) is 0.642. The van der Waals surface area contributed by atoms with E-state index in [0.29, 0.717) is 37.6 Å². The lowest BCUT2D eigenvalue weighted by Gasteiger charge is -2.29. The SMILES string of the molecule is O=C(N=C(NC(=O)c1ccccc1)N1CCOCC1)Nc1ccccc1. The van der Waals surface area contributed by atoms with Crippen LogP contribution in [0.3, 0.4) is 0 Å². The number of anilines is 1. The van der Waals surface area contributed by atoms with Crippen molar-refractivity contribution in [2.75, 3.05) is 31.6 Å². The van der Waals surface area contributed by atoms with E-state index in [2.05, 4.69) is 15.6 Å². The van der Waals surface area contributed by atoms with Gasteiger partial charge in [-0.1, -0.05) is 36.4 Å². The van der Waals surface area contributed by atoms with Crippen LogP contribution in [0.25, 0.3) is 0 Å². The number of carbonyl (C=O) groups is 2. The van der Waals surface area contributed by atoms with Crippen LogP contribution in [0.4, 0.5) is 10.5 Å². The van der Waals surface area contributed by atoms with Crippen LogP contribution in [0.1, 0.15) is 10.4 Å². The van der Waals surface area contributed by atoms with E-state index in [1.54, 1.807) is 36.4 Å². The molecule has 7 heteroatoms. The van der Waals surface area contributed by atoms with Gasteiger partial charge in [-0.05, 0) is 24.3 Å². The van der Waals surface area contributed by atoms with Gasteiger partial charge < -0.3 is 15.0 Å². The molecule has 7 nitrogen and oxygen atoms in total. The summed E-state index contributed by atoms with van der Waals surface area (Å²) in [5.74, 6) is -0.0982. The summed E-state index contributed by atoms with van der Waals surface area (Å²) in [6, 6.07) is 17.3. The first-order valence-electron chi connectivity index (χ1n) is 8.36. The van der Waals surface area contributed by atoms with E-state index in [4.69, 9.17) is 4.74 Å². The Morgan fingerprint density at radius 1 is 0.923 bits per heavy atom. The molecule has 2 aromatic rings. The molecule has 1 saturated heterocycles. The lowest BCUT2D eigenvalue weighted by molar-refractivity contribution is 0.0657. The number of benzene rings is 2. The van der Waals surface area contributed by atoms with Gasteiger partial charge in [0.25, 0.3) is 5.91 Å². The Kier molecular flexibility index (Phi) is 5.95. The van der Waals surface area contributed by atoms with Crippen molar-refractivity contribution >= 4 is 23.6 Å². The third-order valence-corrected chi connectivity index (χ3v) is 3.80. The first-order valence-corrected chi connectivity index (χ1v) is 8.36. The Morgan fingerprint density at radius 3 is 2.19 bits per heavy atom. The van der Waals surface area contributed by atoms with Crippen molar-refractivity contribution in [3.63, 3.8) is 0 Å². The predicted octanol–water partition coefficient (Wildman–Crippen LogP) is 2.34. The Hall–Kier alpha value is -3.19. The molecule has 0 saturated carbocycles. The zero-order valence-corrected chi connectivity index (χ0v) is 14.2. The standard InChI is InChI=1S/C19H20N4O3/c24-17(15-7-3-1-4-8-15)21-18(23-11-13-26-14-12-23)22-19(25)20-16-9-5-2-6-10-16/h1-10H,11-14H2,(H2,20,21,22,24,25). The summed E-state index contributed by atoms with van der Waals surface area (Å²) in [6.45, 7) is 2.13. The van der Waals surface area contributed by atoms with Gasteiger partial charge in [-0.3, -0.25) is 10.1 Å². The number of urea groups is 1. The molecule has 0 radical (unpaired) electrons. The molecular formula is C19H20N4O3. The van der Waals surface area contributed by atoms with Gasteiger partial charge in [-0.2, -0.15) is 4.99 Å². The van der Waals surface area contributed by atoms with Crippen molar-refractivity contribution in [3.8, 4) is 0 Å². The number of amides is 3. The lowest BCUT2D eigenvalue weighted by atomic mass is 10.2. The number of hydrogen-bond donors (Lipinski definition) is 2. The zero-order valence-electron chi connectivity index (χ0n) is 14.2. The maximum absolute atomic E-state index is 12.5. The van der Waals surface area contributed by atoms with Crippen molar-refractivity contribution < 1.29 is 14.3 Å². The average Bonchev–Trinajstić information content (AvgIpc) is 2.69. The molecule has 3 rings (SSSR count). The third-order valence-electron chi connectivity index (χ3n) is 3.80. The van der Waals surface area contributed by atoms with Crippen molar-refractivity contribution in [1.82, 2.24) is 10.2 Å². The molecule has 2 N–H and O–H groups in total. The highest BCUT2D eigenvalue weighted by Crippen LogP contribution is 2.06. The first kappa shape index (κ1) is 17.6. The molecule has 2 aromatic carbocycles. The van der Waals surface area contributed by atoms with Crippen LogP contribution in [0, 0.1) is 0 Å². The van der Waals surface area contributed by atoms with Crippen LogP contribution < -0.4 is 10.6 Å². The summed E-state index contributed by atoms with van der Waals surface area (Å²) in [5.41, 5.74) is 1.13. The molecule has 0 unspecified atom stereocenters. The number of carbonyl (C=O) groups excluding carboxylic acids is 2. The molecule has 0 aliphatic carbocycles. The number of para-hydroxylation sites is 1. The molecule has 0 spiro atoms. The Labute approximate surface area is 151 Å². The number of guanidine groups is 1. The number of aliphatic imine (C=N–C) groups is 1. The second kappa shape index (κ2) is 8.77. The van der Waals surface area contributed by atoms with Crippen LogP contribution in [-0.4, -0.2) is 49.1 Å². The number of nitrogens with one attached hydrogen (secondary N) is 2. The van der Waals surface area contributed by atoms with Gasteiger partial charge in [0.15, 0.2) is 0 Å². The summed E-state index contributed by atoms with van der Waals surface area (Å²) in [7, 11) is 0. The lowest BCUT2D eigenvalue weighted by Crippen LogP contribution is -2.49. The summed E-state index contributed by atoms with van der Waals surface area (Å²) >= 11 is 0. The molecule has 134 valence electrons. The second-order valence-corrected chi connectivity index (χ2v) is 5.65. The molecule has 26 heavy (non-hydrogen) atoms. The molecule has 3 amide bonds. The predicted molar refractivity (Wildman–Crippen MR) is 99.2 cm³/mol. The molecule has 1 fully saturated rings. The number of nitrogens with zero attached hydrogens (tertiary/aromatic N) is 2. The molecule has 1 heterocycles. The van der Waals surface area contributed by atoms with E-state index in [1.807, 2.05) is 29.2 Å². The Bertz CT molecular complexity index is 772. The zero-order chi connectivity index (χ0) is 18.2. The third kappa shape index (κ3) is 4.90. The summed E-state index contributed by atoms with van der Waals surface area (Å²) in [4.78, 5) is 30.6. The molecular weight excluding hydrogens is 332 g/mol. The minimum absolute atomic E-state index is 0.218. The fraction of sp³-hybridized carbons (Fsp3) is 0.211. The van der Waals surface area contributed by atoms with Gasteiger partial charge in [-0.25, -0.2) is 4.79 Å². The van der Waals surface area contributed by atoms with E-state index in [-0.39, 0.29) is 11.9 Å². The van der Waals surface area contributed by atoms with E-state index in [1.165, 1.54) is 0 Å². The highest BCUT2D eigenvalue weighted by atomic mass is 16.5. The molecule has 0 aromatic heterocycles. The summed E-state index contributed by atoms with van der Waals surface area (Å²) < 4.78 is 5.33. The minimum atomic E-state index is -0.550. The number of rotatable bonds is 2. The summed E-state index contributed by atoms with van der Waals surface area (Å²) in [5, 5.41) is 5.43. The fourth-order valence-electron chi connectivity index (χ4n) is 2.49. The largest absolute Gasteiger partial charge is 0.378 e. The van der Waals surface area contributed by atoms with Crippen molar-refractivity contribution in [2.24, 2.45) is 4.99 Å². The topological polar surface area (TPSA) is 83.0 Å². The molecule has 0 atom stereocenters. The van der Waals surface area contributed by atoms with Crippen molar-refractivity contribution in [1.29, 1.82) is 0 Å². The van der Waals surface area contributed by atoms with E-state index < -0.39 is 6.03 Å². The molecule has 1 aliphatic heterocycles. The first-order chi connectivity index (χ1) is 12.7. The minimum Gasteiger partial charge on any atom is -0.378 e. The number of ether oxygens (including phenoxy) is 1. The van der Waals surface area contributed by atoms with Gasteiger partial charge >= 0.3 is 6.03 Å². The Balaban J connectivity index is 1.76. The molecule has 0 bridgehead atoms. The van der Waals surface area contributed by atoms with Gasteiger partial charge in [0.05, 0.1) is 13.2 Å². The fourth-order valence-corrected chi connectivity index (χ4v) is 2.49. The number of hydrogen-bond acceptors (Lipinski definition) is 3. The van der Waals surface area contributed by atoms with Crippen molar-refractivity contribution in [2.45, 2.75) is 0 Å². The van der Waals surface area contributed by atoms with Crippen LogP contribution in [0.5, 0.6) is 0 Å². The van der Waals surface area contributed by atoms with Gasteiger partial charge in [0, 0.05) is 24.3 Å². The average molecular weight is 352 g/mol. The van der Waals surface area contributed by atoms with Crippen LogP contribution in [0.2, 0.25) is 0 Å². The smallest absolute Gasteiger partial charge is 0.348 e. The monoisotopic (exact) mass is 352 g/mol. The van der Waals surface area contributed by atoms with Crippen molar-refractivity contribution in [3.05, 3.63) is 66.2 Å². The second-order valence-electron chi connectivity index (χ2n) is 5.65. The van der Waals surface area contributed by atoms with Gasteiger partial charge in [0.1, 0.15) is 0 Å². The maximum atomic E-state index is 12.5. The van der Waals surface area contributed by atoms with Gasteiger partial charge in [0.2, 0.25) is 5.96 Å². The van der Waals surface area contributed by atoms with E-state index in [9.17, 15) is 9.59 Å². The molecule has 1 aliphatic rings. The highest BCUT2D eigenvalue weighted by Gasteiger charge is 2.19.